The predicted octanol–water partition coefficient (Wildman–Crippen LogP) is 4.62. The van der Waals surface area contributed by atoms with Crippen LogP contribution < -0.4 is 4.74 Å². The highest BCUT2D eigenvalue weighted by Crippen LogP contribution is 2.32. The summed E-state index contributed by atoms with van der Waals surface area (Å²) in [5.41, 5.74) is 1.48. The van der Waals surface area contributed by atoms with E-state index in [4.69, 9.17) is 4.74 Å². The molecule has 2 aromatic carbocycles. The standard InChI is InChI=1S/C28H34F2N2O3/c1-35-24-5-2-20(3-6-24)21-10-16-32(17-11-21)27(19-33)22-8-13-31(14-9-22)15-12-28(34)23-4-7-25(29)26(30)18-23/h2-7,12,15,18,21-22,27,33H,8-11,13-14,16-17,19H2,1H3. The zero-order valence-corrected chi connectivity index (χ0v) is 20.2. The van der Waals surface area contributed by atoms with Crippen LogP contribution in [-0.4, -0.2) is 66.6 Å². The van der Waals surface area contributed by atoms with Crippen molar-refractivity contribution in [1.82, 2.24) is 9.80 Å². The Labute approximate surface area is 206 Å². The van der Waals surface area contributed by atoms with Crippen LogP contribution >= 0.6 is 0 Å². The summed E-state index contributed by atoms with van der Waals surface area (Å²) in [6.07, 6.45) is 7.20. The number of allylic oxidation sites excluding steroid dienone is 1. The van der Waals surface area contributed by atoms with Crippen molar-refractivity contribution in [2.75, 3.05) is 39.9 Å². The number of aliphatic hydroxyl groups excluding tert-OH is 1. The van der Waals surface area contributed by atoms with Crippen LogP contribution in [0.15, 0.2) is 54.7 Å². The summed E-state index contributed by atoms with van der Waals surface area (Å²) in [5, 5.41) is 10.2. The van der Waals surface area contributed by atoms with Crippen LogP contribution in [-0.2, 0) is 0 Å². The van der Waals surface area contributed by atoms with E-state index < -0.39 is 11.6 Å². The van der Waals surface area contributed by atoms with Crippen molar-refractivity contribution in [2.24, 2.45) is 5.92 Å². The molecule has 0 radical (unpaired) electrons. The summed E-state index contributed by atoms with van der Waals surface area (Å²) in [7, 11) is 1.68. The quantitative estimate of drug-likeness (QED) is 0.438. The van der Waals surface area contributed by atoms with Crippen LogP contribution in [0.2, 0.25) is 0 Å². The van der Waals surface area contributed by atoms with Gasteiger partial charge in [0.25, 0.3) is 0 Å². The molecule has 35 heavy (non-hydrogen) atoms. The lowest BCUT2D eigenvalue weighted by Crippen LogP contribution is -2.49. The van der Waals surface area contributed by atoms with E-state index in [1.54, 1.807) is 13.3 Å². The van der Waals surface area contributed by atoms with E-state index in [1.807, 2.05) is 12.1 Å². The molecule has 2 fully saturated rings. The van der Waals surface area contributed by atoms with Gasteiger partial charge in [-0.05, 0) is 86.5 Å². The van der Waals surface area contributed by atoms with Gasteiger partial charge in [0.05, 0.1) is 13.7 Å². The number of rotatable bonds is 8. The summed E-state index contributed by atoms with van der Waals surface area (Å²) in [6.45, 7) is 3.70. The van der Waals surface area contributed by atoms with E-state index in [0.29, 0.717) is 11.8 Å². The molecule has 2 heterocycles. The number of benzene rings is 2. The van der Waals surface area contributed by atoms with Crippen molar-refractivity contribution < 1.29 is 23.4 Å². The fourth-order valence-electron chi connectivity index (χ4n) is 5.38. The maximum absolute atomic E-state index is 13.4. The second kappa shape index (κ2) is 11.8. The van der Waals surface area contributed by atoms with Gasteiger partial charge in [-0.3, -0.25) is 9.69 Å². The van der Waals surface area contributed by atoms with Crippen LogP contribution in [0, 0.1) is 17.6 Å². The lowest BCUT2D eigenvalue weighted by molar-refractivity contribution is 0.0396. The summed E-state index contributed by atoms with van der Waals surface area (Å²) in [6, 6.07) is 11.7. The molecule has 1 atom stereocenters. The highest BCUT2D eigenvalue weighted by Gasteiger charge is 2.32. The molecule has 0 aliphatic carbocycles. The monoisotopic (exact) mass is 484 g/mol. The second-order valence-corrected chi connectivity index (χ2v) is 9.52. The molecule has 0 amide bonds. The Morgan fingerprint density at radius 3 is 2.31 bits per heavy atom. The molecule has 1 N–H and O–H groups in total. The molecular formula is C28H34F2N2O3. The molecular weight excluding hydrogens is 450 g/mol. The van der Waals surface area contributed by atoms with E-state index in [-0.39, 0.29) is 24.0 Å². The van der Waals surface area contributed by atoms with Crippen molar-refractivity contribution in [2.45, 2.75) is 37.6 Å². The lowest BCUT2D eigenvalue weighted by atomic mass is 9.85. The molecule has 0 aromatic heterocycles. The van der Waals surface area contributed by atoms with Gasteiger partial charge in [-0.1, -0.05) is 12.1 Å². The van der Waals surface area contributed by atoms with Gasteiger partial charge in [0.1, 0.15) is 5.75 Å². The van der Waals surface area contributed by atoms with Gasteiger partial charge < -0.3 is 14.7 Å². The number of hydrogen-bond acceptors (Lipinski definition) is 5. The second-order valence-electron chi connectivity index (χ2n) is 9.52. The van der Waals surface area contributed by atoms with Crippen molar-refractivity contribution in [3.8, 4) is 5.75 Å². The number of ketones is 1. The van der Waals surface area contributed by atoms with Crippen molar-refractivity contribution in [3.63, 3.8) is 0 Å². The number of methoxy groups -OCH3 is 1. The minimum Gasteiger partial charge on any atom is -0.497 e. The molecule has 2 saturated heterocycles. The van der Waals surface area contributed by atoms with E-state index in [2.05, 4.69) is 21.9 Å². The zero-order valence-electron chi connectivity index (χ0n) is 20.2. The van der Waals surface area contributed by atoms with Crippen molar-refractivity contribution in [1.29, 1.82) is 0 Å². The average molecular weight is 485 g/mol. The van der Waals surface area contributed by atoms with Crippen molar-refractivity contribution in [3.05, 3.63) is 77.5 Å². The normalized spacial score (nSPS) is 19.3. The van der Waals surface area contributed by atoms with Crippen LogP contribution in [0.5, 0.6) is 5.75 Å². The topological polar surface area (TPSA) is 53.0 Å². The highest BCUT2D eigenvalue weighted by atomic mass is 19.2. The largest absolute Gasteiger partial charge is 0.497 e. The molecule has 7 heteroatoms. The Morgan fingerprint density at radius 2 is 1.71 bits per heavy atom. The minimum atomic E-state index is -1.02. The summed E-state index contributed by atoms with van der Waals surface area (Å²) < 4.78 is 31.7. The first-order chi connectivity index (χ1) is 17.0. The highest BCUT2D eigenvalue weighted by molar-refractivity contribution is 6.04. The van der Waals surface area contributed by atoms with Crippen LogP contribution in [0.3, 0.4) is 0 Å². The van der Waals surface area contributed by atoms with E-state index in [9.17, 15) is 18.7 Å². The van der Waals surface area contributed by atoms with E-state index in [0.717, 1.165) is 69.7 Å². The first-order valence-electron chi connectivity index (χ1n) is 12.4. The Bertz CT molecular complexity index is 1010. The van der Waals surface area contributed by atoms with Gasteiger partial charge in [-0.2, -0.15) is 0 Å². The van der Waals surface area contributed by atoms with E-state index in [1.165, 1.54) is 17.7 Å². The Balaban J connectivity index is 1.26. The smallest absolute Gasteiger partial charge is 0.187 e. The van der Waals surface area contributed by atoms with Gasteiger partial charge in [-0.15, -0.1) is 0 Å². The van der Waals surface area contributed by atoms with Crippen LogP contribution in [0.4, 0.5) is 8.78 Å². The third-order valence-electron chi connectivity index (χ3n) is 7.53. The average Bonchev–Trinajstić information content (AvgIpc) is 2.90. The predicted molar refractivity (Wildman–Crippen MR) is 132 cm³/mol. The van der Waals surface area contributed by atoms with Crippen LogP contribution in [0.1, 0.15) is 47.5 Å². The summed E-state index contributed by atoms with van der Waals surface area (Å²) in [4.78, 5) is 16.8. The number of ether oxygens (including phenoxy) is 1. The van der Waals surface area contributed by atoms with E-state index >= 15 is 0 Å². The molecule has 4 rings (SSSR count). The SMILES string of the molecule is COc1ccc(C2CCN(C(CO)C3CCN(C=CC(=O)c4ccc(F)c(F)c4)CC3)CC2)cc1. The molecule has 0 spiro atoms. The number of piperidine rings is 2. The number of nitrogens with zero attached hydrogens (tertiary/aromatic N) is 2. The summed E-state index contributed by atoms with van der Waals surface area (Å²) >= 11 is 0. The maximum Gasteiger partial charge on any atom is 0.187 e. The fourth-order valence-corrected chi connectivity index (χ4v) is 5.38. The molecule has 2 aliphatic rings. The summed E-state index contributed by atoms with van der Waals surface area (Å²) in [5.74, 6) is -0.510. The maximum atomic E-state index is 13.4. The third kappa shape index (κ3) is 6.27. The number of carbonyl (C=O) groups is 1. The number of likely N-dealkylation sites (tertiary alicyclic amines) is 2. The Morgan fingerprint density at radius 1 is 1.03 bits per heavy atom. The number of carbonyl (C=O) groups excluding carboxylic acids is 1. The Kier molecular flexibility index (Phi) is 8.52. The molecule has 2 aliphatic heterocycles. The lowest BCUT2D eigenvalue weighted by Gasteiger charge is -2.43. The first kappa shape index (κ1) is 25.3. The van der Waals surface area contributed by atoms with Gasteiger partial charge in [0.2, 0.25) is 0 Å². The number of hydrogen-bond donors (Lipinski definition) is 1. The van der Waals surface area contributed by atoms with Crippen molar-refractivity contribution >= 4 is 5.78 Å². The molecule has 188 valence electrons. The molecule has 0 bridgehead atoms. The minimum absolute atomic E-state index is 0.133. The molecule has 1 unspecified atom stereocenters. The molecule has 2 aromatic rings. The first-order valence-corrected chi connectivity index (χ1v) is 12.4. The van der Waals surface area contributed by atoms with Gasteiger partial charge in [0.15, 0.2) is 17.4 Å². The zero-order chi connectivity index (χ0) is 24.8. The Hall–Kier alpha value is -2.77. The number of halogens is 2. The molecule has 0 saturated carbocycles. The number of aliphatic hydroxyl groups is 1. The van der Waals surface area contributed by atoms with Crippen LogP contribution in [0.25, 0.3) is 0 Å². The fraction of sp³-hybridized carbons (Fsp3) is 0.464. The third-order valence-corrected chi connectivity index (χ3v) is 7.53. The van der Waals surface area contributed by atoms with Gasteiger partial charge in [-0.25, -0.2) is 8.78 Å². The molecule has 5 nitrogen and oxygen atoms in total. The van der Waals surface area contributed by atoms with Gasteiger partial charge in [0, 0.05) is 37.0 Å². The van der Waals surface area contributed by atoms with Gasteiger partial charge >= 0.3 is 0 Å².